The minimum absolute atomic E-state index is 0.170. The molecule has 2 heterocycles. The molecule has 36 heavy (non-hydrogen) atoms. The van der Waals surface area contributed by atoms with Gasteiger partial charge in [-0.15, -0.1) is 11.3 Å². The Labute approximate surface area is 216 Å². The molecule has 2 unspecified atom stereocenters. The van der Waals surface area contributed by atoms with E-state index in [1.165, 1.54) is 19.4 Å². The van der Waals surface area contributed by atoms with Gasteiger partial charge in [0, 0.05) is 29.0 Å². The summed E-state index contributed by atoms with van der Waals surface area (Å²) in [5, 5.41) is 11.5. The number of hydrogen-bond acceptors (Lipinski definition) is 8. The molecule has 0 radical (unpaired) electrons. The van der Waals surface area contributed by atoms with Crippen molar-refractivity contribution in [3.05, 3.63) is 44.8 Å². The van der Waals surface area contributed by atoms with E-state index in [0.29, 0.717) is 38.1 Å². The summed E-state index contributed by atoms with van der Waals surface area (Å²) < 4.78 is 15.6. The number of rotatable bonds is 13. The number of thiophene rings is 1. The average molecular weight is 520 g/mol. The number of unbranched alkanes of at least 4 members (excludes halogenated alkanes) is 1. The molecule has 0 fully saturated rings. The number of Topliss-reactive ketones (excluding diaryl/α,β-unsaturated/α-hetero) is 1. The van der Waals surface area contributed by atoms with Gasteiger partial charge in [0.15, 0.2) is 10.8 Å². The lowest BCUT2D eigenvalue weighted by Crippen LogP contribution is -2.33. The summed E-state index contributed by atoms with van der Waals surface area (Å²) in [5.74, 6) is -1.20. The highest BCUT2D eigenvalue weighted by molar-refractivity contribution is 7.13. The first kappa shape index (κ1) is 29.3. The monoisotopic (exact) mass is 519 g/mol. The Morgan fingerprint density at radius 3 is 2.64 bits per heavy atom. The van der Waals surface area contributed by atoms with Crippen molar-refractivity contribution in [2.24, 2.45) is 16.3 Å². The Kier molecular flexibility index (Phi) is 10.9. The molecule has 2 atom stereocenters. The van der Waals surface area contributed by atoms with E-state index in [1.807, 2.05) is 32.9 Å². The molecule has 0 aliphatic heterocycles. The fourth-order valence-electron chi connectivity index (χ4n) is 3.73. The molecule has 9 heteroatoms. The van der Waals surface area contributed by atoms with Crippen LogP contribution in [0, 0.1) is 11.3 Å². The minimum Gasteiger partial charge on any atom is -0.507 e. The van der Waals surface area contributed by atoms with Gasteiger partial charge < -0.3 is 19.0 Å². The van der Waals surface area contributed by atoms with Crippen LogP contribution in [0.5, 0.6) is 10.8 Å². The van der Waals surface area contributed by atoms with Crippen molar-refractivity contribution >= 4 is 29.4 Å². The normalized spacial score (nSPS) is 13.5. The second-order valence-corrected chi connectivity index (χ2v) is 10.8. The van der Waals surface area contributed by atoms with Crippen LogP contribution in [-0.2, 0) is 11.2 Å². The zero-order valence-electron chi connectivity index (χ0n) is 22.0. The molecule has 1 amide bonds. The summed E-state index contributed by atoms with van der Waals surface area (Å²) in [6.07, 6.45) is 4.25. The first-order chi connectivity index (χ1) is 17.0. The molecular weight excluding hydrogens is 482 g/mol. The van der Waals surface area contributed by atoms with E-state index >= 15 is 0 Å². The molecule has 8 nitrogen and oxygen atoms in total. The van der Waals surface area contributed by atoms with Crippen molar-refractivity contribution in [3.63, 3.8) is 0 Å². The van der Waals surface area contributed by atoms with Gasteiger partial charge in [0.1, 0.15) is 17.1 Å². The third kappa shape index (κ3) is 8.05. The molecule has 2 aromatic rings. The summed E-state index contributed by atoms with van der Waals surface area (Å²) in [6, 6.07) is 5.29. The first-order valence-corrected chi connectivity index (χ1v) is 13.0. The number of nitrogens with zero attached hydrogens (tertiary/aromatic N) is 1. The molecule has 1 N–H and O–H groups in total. The molecule has 198 valence electrons. The summed E-state index contributed by atoms with van der Waals surface area (Å²) in [4.78, 5) is 41.7. The number of aromatic hydroxyl groups is 1. The van der Waals surface area contributed by atoms with E-state index in [2.05, 4.69) is 16.7 Å². The van der Waals surface area contributed by atoms with Gasteiger partial charge in [-0.3, -0.25) is 4.79 Å². The van der Waals surface area contributed by atoms with Crippen LogP contribution < -0.4 is 10.4 Å². The maximum absolute atomic E-state index is 13.3. The van der Waals surface area contributed by atoms with E-state index < -0.39 is 28.8 Å². The van der Waals surface area contributed by atoms with Crippen molar-refractivity contribution in [2.45, 2.75) is 72.6 Å². The zero-order valence-corrected chi connectivity index (χ0v) is 22.8. The van der Waals surface area contributed by atoms with Crippen molar-refractivity contribution < 1.29 is 28.6 Å². The minimum atomic E-state index is -0.830. The average Bonchev–Trinajstić information content (AvgIpc) is 3.27. The first-order valence-electron chi connectivity index (χ1n) is 12.2. The van der Waals surface area contributed by atoms with Crippen LogP contribution in [0.15, 0.2) is 32.4 Å². The molecule has 0 spiro atoms. The predicted molar refractivity (Wildman–Crippen MR) is 141 cm³/mol. The maximum atomic E-state index is 13.3. The largest absolute Gasteiger partial charge is 0.507 e. The Morgan fingerprint density at radius 2 is 2.00 bits per heavy atom. The Hall–Kier alpha value is -2.94. The van der Waals surface area contributed by atoms with Gasteiger partial charge in [0.05, 0.1) is 13.7 Å². The van der Waals surface area contributed by atoms with Crippen molar-refractivity contribution in [1.82, 2.24) is 0 Å². The number of carbonyl (C=O) groups is 2. The lowest BCUT2D eigenvalue weighted by atomic mass is 9.73. The van der Waals surface area contributed by atoms with Crippen LogP contribution in [0.3, 0.4) is 0 Å². The Bertz CT molecular complexity index is 1120. The lowest BCUT2D eigenvalue weighted by molar-refractivity contribution is 0.0812. The topological polar surface area (TPSA) is 115 Å². The highest BCUT2D eigenvalue weighted by Gasteiger charge is 2.35. The van der Waals surface area contributed by atoms with E-state index in [1.54, 1.807) is 18.3 Å². The smallest absolute Gasteiger partial charge is 0.432 e. The number of hydrogen-bond donors (Lipinski definition) is 1. The van der Waals surface area contributed by atoms with Gasteiger partial charge in [-0.1, -0.05) is 34.6 Å². The van der Waals surface area contributed by atoms with Crippen LogP contribution in [0.4, 0.5) is 4.79 Å². The van der Waals surface area contributed by atoms with Gasteiger partial charge in [-0.05, 0) is 49.7 Å². The number of carbonyl (C=O) groups excluding carboxylic acids is 2. The van der Waals surface area contributed by atoms with Gasteiger partial charge in [-0.25, -0.2) is 9.59 Å². The van der Waals surface area contributed by atoms with Gasteiger partial charge >= 0.3 is 11.7 Å². The number of amides is 1. The summed E-state index contributed by atoms with van der Waals surface area (Å²) in [5.41, 5.74) is -1.61. The second-order valence-electron chi connectivity index (χ2n) is 9.63. The maximum Gasteiger partial charge on any atom is 0.432 e. The third-order valence-electron chi connectivity index (χ3n) is 6.30. The summed E-state index contributed by atoms with van der Waals surface area (Å²) in [7, 11) is 1.26. The molecular formula is C27H37NO7S. The van der Waals surface area contributed by atoms with E-state index in [4.69, 9.17) is 9.15 Å². The van der Waals surface area contributed by atoms with Gasteiger partial charge in [-0.2, -0.15) is 4.99 Å². The molecule has 0 saturated carbocycles. The molecule has 0 saturated heterocycles. The summed E-state index contributed by atoms with van der Waals surface area (Å²) in [6.45, 7) is 10.3. The summed E-state index contributed by atoms with van der Waals surface area (Å²) >= 11 is 1.55. The molecule has 0 aliphatic rings. The molecule has 0 bridgehead atoms. The number of aliphatic imine (C=N–C) groups is 1. The van der Waals surface area contributed by atoms with E-state index in [-0.39, 0.29) is 17.2 Å². The standard InChI is InChI=1S/C27H37NO7S/c1-7-14-34-22-12-11-19(36-22)16-27(4,5)18(3)24(30)23-20(29)15-21(35-25(23)31)17(2)10-8-9-13-28-26(32)33-6/h11-13,15,17-18,29H,7-10,14,16H2,1-6H3. The Balaban J connectivity index is 2.08. The highest BCUT2D eigenvalue weighted by Crippen LogP contribution is 2.37. The van der Waals surface area contributed by atoms with E-state index in [9.17, 15) is 19.5 Å². The molecule has 0 aromatic carbocycles. The lowest BCUT2D eigenvalue weighted by Gasteiger charge is -2.30. The number of ketones is 1. The van der Waals surface area contributed by atoms with Crippen molar-refractivity contribution in [2.75, 3.05) is 13.7 Å². The molecule has 2 aromatic heterocycles. The third-order valence-corrected chi connectivity index (χ3v) is 7.30. The van der Waals surface area contributed by atoms with Gasteiger partial charge in [0.2, 0.25) is 0 Å². The number of ether oxygens (including phenoxy) is 2. The van der Waals surface area contributed by atoms with E-state index in [0.717, 1.165) is 16.4 Å². The van der Waals surface area contributed by atoms with Crippen LogP contribution in [-0.4, -0.2) is 36.9 Å². The van der Waals surface area contributed by atoms with Crippen LogP contribution in [0.25, 0.3) is 0 Å². The van der Waals surface area contributed by atoms with Gasteiger partial charge in [0.25, 0.3) is 0 Å². The molecule has 0 aliphatic carbocycles. The van der Waals surface area contributed by atoms with Crippen molar-refractivity contribution in [1.29, 1.82) is 0 Å². The van der Waals surface area contributed by atoms with Crippen LogP contribution in [0.2, 0.25) is 0 Å². The quantitative estimate of drug-likeness (QED) is 0.185. The fourth-order valence-corrected chi connectivity index (χ4v) is 4.84. The van der Waals surface area contributed by atoms with Crippen LogP contribution >= 0.6 is 11.3 Å². The SMILES string of the molecule is CCCOc1ccc(CC(C)(C)C(C)C(=O)c2c(O)cc(C(C)CCCC=NC(=O)OC)oc2=O)s1. The van der Waals surface area contributed by atoms with Crippen molar-refractivity contribution in [3.8, 4) is 10.8 Å². The zero-order chi connectivity index (χ0) is 26.9. The molecule has 2 rings (SSSR count). The fraction of sp³-hybridized carbons (Fsp3) is 0.556. The number of methoxy groups -OCH3 is 1. The Morgan fingerprint density at radius 1 is 1.28 bits per heavy atom. The highest BCUT2D eigenvalue weighted by atomic mass is 32.1. The second kappa shape index (κ2) is 13.4. The predicted octanol–water partition coefficient (Wildman–Crippen LogP) is 6.39. The van der Waals surface area contributed by atoms with Crippen LogP contribution in [0.1, 0.15) is 87.2 Å².